The molecule has 0 atom stereocenters. The van der Waals surface area contributed by atoms with E-state index in [1.165, 1.54) is 28.6 Å². The molecule has 0 radical (unpaired) electrons. The molecule has 30 heavy (non-hydrogen) atoms. The number of aryl methyl sites for hydroxylation is 2. The number of hydrogen-bond acceptors (Lipinski definition) is 5. The minimum absolute atomic E-state index is 0.00187. The second-order valence-electron chi connectivity index (χ2n) is 6.71. The Morgan fingerprint density at radius 2 is 1.53 bits per heavy atom. The van der Waals surface area contributed by atoms with Gasteiger partial charge in [-0.1, -0.05) is 32.0 Å². The summed E-state index contributed by atoms with van der Waals surface area (Å²) in [5.41, 5.74) is 1.47. The van der Waals surface area contributed by atoms with Gasteiger partial charge in [0.05, 0.1) is 15.5 Å². The van der Waals surface area contributed by atoms with Crippen LogP contribution in [0.2, 0.25) is 0 Å². The van der Waals surface area contributed by atoms with Gasteiger partial charge in [-0.25, -0.2) is 16.8 Å². The van der Waals surface area contributed by atoms with Gasteiger partial charge in [0.2, 0.25) is 10.0 Å². The Morgan fingerprint density at radius 1 is 0.967 bits per heavy atom. The Labute approximate surface area is 177 Å². The first-order chi connectivity index (χ1) is 14.0. The molecule has 0 heterocycles. The lowest BCUT2D eigenvalue weighted by Gasteiger charge is -2.19. The Bertz CT molecular complexity index is 1110. The first kappa shape index (κ1) is 23.8. The van der Waals surface area contributed by atoms with Crippen LogP contribution in [0, 0.1) is 6.92 Å². The molecule has 0 aliphatic heterocycles. The Balaban J connectivity index is 2.31. The summed E-state index contributed by atoms with van der Waals surface area (Å²) >= 11 is 0. The van der Waals surface area contributed by atoms with E-state index in [4.69, 9.17) is 5.11 Å². The molecule has 2 aromatic rings. The number of anilines is 1. The zero-order valence-electron chi connectivity index (χ0n) is 17.1. The maximum Gasteiger partial charge on any atom is 0.303 e. The van der Waals surface area contributed by atoms with Gasteiger partial charge in [0.25, 0.3) is 10.0 Å². The van der Waals surface area contributed by atoms with E-state index in [1.54, 1.807) is 39.0 Å². The Morgan fingerprint density at radius 3 is 2.07 bits per heavy atom. The van der Waals surface area contributed by atoms with Crippen molar-refractivity contribution in [2.75, 3.05) is 17.8 Å². The van der Waals surface area contributed by atoms with Crippen LogP contribution in [-0.2, 0) is 31.3 Å². The minimum atomic E-state index is -3.95. The zero-order chi connectivity index (χ0) is 22.5. The van der Waals surface area contributed by atoms with E-state index in [2.05, 4.69) is 4.72 Å². The highest BCUT2D eigenvalue weighted by Gasteiger charge is 2.23. The summed E-state index contributed by atoms with van der Waals surface area (Å²) in [7, 11) is -7.68. The number of nitrogens with zero attached hydrogens (tertiary/aromatic N) is 1. The standard InChI is InChI=1S/C20H26N2O6S2/c1-4-22(5-2)30(27,28)18-10-6-15(3)19(14-18)21-29(25,26)17-11-7-16(8-12-17)9-13-20(23)24/h6-8,10-12,14,21H,4-5,9,13H2,1-3H3,(H,23,24). The molecule has 0 saturated carbocycles. The first-order valence-electron chi connectivity index (χ1n) is 9.45. The lowest BCUT2D eigenvalue weighted by atomic mass is 10.1. The minimum Gasteiger partial charge on any atom is -0.481 e. The van der Waals surface area contributed by atoms with Crippen molar-refractivity contribution in [1.82, 2.24) is 4.31 Å². The van der Waals surface area contributed by atoms with E-state index >= 15 is 0 Å². The molecule has 0 aromatic heterocycles. The third-order valence-corrected chi connectivity index (χ3v) is 8.09. The molecule has 2 aromatic carbocycles. The molecule has 2 N–H and O–H groups in total. The topological polar surface area (TPSA) is 121 Å². The van der Waals surface area contributed by atoms with Crippen LogP contribution in [0.15, 0.2) is 52.3 Å². The highest BCUT2D eigenvalue weighted by Crippen LogP contribution is 2.25. The number of carboxylic acids is 1. The summed E-state index contributed by atoms with van der Waals surface area (Å²) in [5.74, 6) is -0.927. The highest BCUT2D eigenvalue weighted by molar-refractivity contribution is 7.92. The zero-order valence-corrected chi connectivity index (χ0v) is 18.8. The molecule has 0 aliphatic carbocycles. The average Bonchev–Trinajstić information content (AvgIpc) is 2.68. The fourth-order valence-electron chi connectivity index (χ4n) is 2.87. The summed E-state index contributed by atoms with van der Waals surface area (Å²) in [5, 5.41) is 8.74. The van der Waals surface area contributed by atoms with Gasteiger partial charge in [0.1, 0.15) is 0 Å². The third-order valence-electron chi connectivity index (χ3n) is 4.66. The Hall–Kier alpha value is -2.43. The molecule has 0 unspecified atom stereocenters. The summed E-state index contributed by atoms with van der Waals surface area (Å²) < 4.78 is 54.8. The summed E-state index contributed by atoms with van der Waals surface area (Å²) in [6, 6.07) is 10.2. The van der Waals surface area contributed by atoms with Crippen molar-refractivity contribution in [3.05, 3.63) is 53.6 Å². The van der Waals surface area contributed by atoms with E-state index in [1.807, 2.05) is 0 Å². The lowest BCUT2D eigenvalue weighted by molar-refractivity contribution is -0.136. The lowest BCUT2D eigenvalue weighted by Crippen LogP contribution is -2.30. The number of nitrogens with one attached hydrogen (secondary N) is 1. The van der Waals surface area contributed by atoms with Crippen LogP contribution in [0.4, 0.5) is 5.69 Å². The Kier molecular flexibility index (Phi) is 7.62. The number of hydrogen-bond donors (Lipinski definition) is 2. The van der Waals surface area contributed by atoms with E-state index in [0.717, 1.165) is 0 Å². The first-order valence-corrected chi connectivity index (χ1v) is 12.4. The quantitative estimate of drug-likeness (QED) is 0.569. The van der Waals surface area contributed by atoms with Crippen LogP contribution in [0.1, 0.15) is 31.4 Å². The summed E-state index contributed by atoms with van der Waals surface area (Å²) in [6.07, 6.45) is 0.255. The van der Waals surface area contributed by atoms with E-state index in [9.17, 15) is 21.6 Å². The molecule has 0 bridgehead atoms. The smallest absolute Gasteiger partial charge is 0.303 e. The molecule has 10 heteroatoms. The predicted octanol–water partition coefficient (Wildman–Crippen LogP) is 2.84. The SMILES string of the molecule is CCN(CC)S(=O)(=O)c1ccc(C)c(NS(=O)(=O)c2ccc(CCC(=O)O)cc2)c1. The van der Waals surface area contributed by atoms with Crippen molar-refractivity contribution in [3.8, 4) is 0 Å². The van der Waals surface area contributed by atoms with Gasteiger partial charge in [0.15, 0.2) is 0 Å². The van der Waals surface area contributed by atoms with Gasteiger partial charge in [-0.05, 0) is 48.7 Å². The fraction of sp³-hybridized carbons (Fsp3) is 0.350. The maximum atomic E-state index is 12.8. The van der Waals surface area contributed by atoms with Crippen LogP contribution in [0.5, 0.6) is 0 Å². The van der Waals surface area contributed by atoms with E-state index in [0.29, 0.717) is 30.6 Å². The van der Waals surface area contributed by atoms with E-state index in [-0.39, 0.29) is 21.9 Å². The van der Waals surface area contributed by atoms with Crippen molar-refractivity contribution >= 4 is 31.7 Å². The largest absolute Gasteiger partial charge is 0.481 e. The van der Waals surface area contributed by atoms with Gasteiger partial charge < -0.3 is 5.11 Å². The van der Waals surface area contributed by atoms with Crippen LogP contribution in [-0.4, -0.2) is 45.3 Å². The van der Waals surface area contributed by atoms with Gasteiger partial charge in [0, 0.05) is 19.5 Å². The van der Waals surface area contributed by atoms with Crippen molar-refractivity contribution in [1.29, 1.82) is 0 Å². The number of carboxylic acid groups (broad SMARTS) is 1. The van der Waals surface area contributed by atoms with Crippen LogP contribution < -0.4 is 4.72 Å². The maximum absolute atomic E-state index is 12.8. The van der Waals surface area contributed by atoms with Gasteiger partial charge in [-0.3, -0.25) is 9.52 Å². The van der Waals surface area contributed by atoms with Gasteiger partial charge in [-0.15, -0.1) is 0 Å². The van der Waals surface area contributed by atoms with Crippen molar-refractivity contribution in [2.45, 2.75) is 43.4 Å². The number of rotatable bonds is 10. The molecule has 164 valence electrons. The van der Waals surface area contributed by atoms with Crippen molar-refractivity contribution < 1.29 is 26.7 Å². The molecule has 0 saturated heterocycles. The highest BCUT2D eigenvalue weighted by atomic mass is 32.2. The predicted molar refractivity (Wildman–Crippen MR) is 114 cm³/mol. The average molecular weight is 455 g/mol. The van der Waals surface area contributed by atoms with Crippen molar-refractivity contribution in [2.24, 2.45) is 0 Å². The number of carbonyl (C=O) groups is 1. The van der Waals surface area contributed by atoms with E-state index < -0.39 is 26.0 Å². The number of benzene rings is 2. The number of aliphatic carboxylic acids is 1. The molecular formula is C20H26N2O6S2. The molecule has 0 fully saturated rings. The van der Waals surface area contributed by atoms with Gasteiger partial charge in [-0.2, -0.15) is 4.31 Å². The van der Waals surface area contributed by atoms with Crippen molar-refractivity contribution in [3.63, 3.8) is 0 Å². The molecule has 0 spiro atoms. The molecule has 8 nitrogen and oxygen atoms in total. The monoisotopic (exact) mass is 454 g/mol. The molecule has 0 amide bonds. The van der Waals surface area contributed by atoms with Gasteiger partial charge >= 0.3 is 5.97 Å². The third kappa shape index (κ3) is 5.59. The van der Waals surface area contributed by atoms with Crippen LogP contribution >= 0.6 is 0 Å². The summed E-state index contributed by atoms with van der Waals surface area (Å²) in [6.45, 7) is 5.77. The van der Waals surface area contributed by atoms with Crippen LogP contribution in [0.25, 0.3) is 0 Å². The fourth-order valence-corrected chi connectivity index (χ4v) is 5.48. The number of sulfonamides is 2. The summed E-state index contributed by atoms with van der Waals surface area (Å²) in [4.78, 5) is 10.7. The molecule has 0 aliphatic rings. The molecular weight excluding hydrogens is 428 g/mol. The normalized spacial score (nSPS) is 12.1. The second-order valence-corrected chi connectivity index (χ2v) is 10.3. The molecule has 2 rings (SSSR count). The second kappa shape index (κ2) is 9.59. The van der Waals surface area contributed by atoms with Crippen LogP contribution in [0.3, 0.4) is 0 Å².